The molecule has 1 aromatic heterocycles. The van der Waals surface area contributed by atoms with E-state index in [-0.39, 0.29) is 22.8 Å². The molecular formula is C26H31N3O3S. The normalized spacial score (nSPS) is 12.0. The molecule has 0 bridgehead atoms. The Bertz CT molecular complexity index is 1170. The van der Waals surface area contributed by atoms with Gasteiger partial charge in [0.1, 0.15) is 0 Å². The van der Waals surface area contributed by atoms with Crippen LogP contribution < -0.4 is 5.32 Å². The number of aromatic nitrogens is 1. The van der Waals surface area contributed by atoms with Gasteiger partial charge in [0.05, 0.1) is 16.8 Å². The van der Waals surface area contributed by atoms with E-state index in [1.165, 1.54) is 4.31 Å². The standard InChI is InChI=1S/C26H31N3O3S/c1-5-17-29(33(31,32)24-14-12-22(13-15-24)26(2,3)4)19-20-8-10-21(11-9-20)25(30)28-23-7-6-16-27-18-23/h6-16,18H,5,17,19H2,1-4H3,(H,28,30). The molecule has 0 unspecified atom stereocenters. The fourth-order valence-corrected chi connectivity index (χ4v) is 4.93. The number of nitrogens with one attached hydrogen (secondary N) is 1. The third kappa shape index (κ3) is 6.27. The zero-order valence-electron chi connectivity index (χ0n) is 19.6. The Hall–Kier alpha value is -3.03. The highest BCUT2D eigenvalue weighted by atomic mass is 32.2. The van der Waals surface area contributed by atoms with E-state index in [1.807, 2.05) is 19.1 Å². The zero-order valence-corrected chi connectivity index (χ0v) is 20.4. The van der Waals surface area contributed by atoms with Crippen molar-refractivity contribution in [2.45, 2.75) is 51.0 Å². The largest absolute Gasteiger partial charge is 0.321 e. The van der Waals surface area contributed by atoms with Gasteiger partial charge in [-0.3, -0.25) is 9.78 Å². The summed E-state index contributed by atoms with van der Waals surface area (Å²) in [7, 11) is -3.64. The minimum absolute atomic E-state index is 0.0452. The number of rotatable bonds is 8. The Morgan fingerprint density at radius 1 is 1.00 bits per heavy atom. The molecule has 1 amide bonds. The van der Waals surface area contributed by atoms with E-state index in [0.29, 0.717) is 24.2 Å². The first-order valence-electron chi connectivity index (χ1n) is 11.0. The van der Waals surface area contributed by atoms with Gasteiger partial charge in [0, 0.05) is 24.8 Å². The van der Waals surface area contributed by atoms with E-state index < -0.39 is 10.0 Å². The Balaban J connectivity index is 1.75. The number of benzene rings is 2. The molecule has 0 aliphatic heterocycles. The molecule has 0 saturated heterocycles. The number of pyridine rings is 1. The highest BCUT2D eigenvalue weighted by Crippen LogP contribution is 2.25. The molecule has 0 radical (unpaired) electrons. The van der Waals surface area contributed by atoms with Crippen LogP contribution in [0.25, 0.3) is 0 Å². The first kappa shape index (κ1) is 24.6. The molecule has 3 aromatic rings. The van der Waals surface area contributed by atoms with E-state index in [0.717, 1.165) is 11.1 Å². The number of sulfonamides is 1. The van der Waals surface area contributed by atoms with Gasteiger partial charge in [-0.15, -0.1) is 0 Å². The van der Waals surface area contributed by atoms with E-state index in [1.54, 1.807) is 60.9 Å². The number of carbonyl (C=O) groups excluding carboxylic acids is 1. The third-order valence-electron chi connectivity index (χ3n) is 5.33. The van der Waals surface area contributed by atoms with Crippen molar-refractivity contribution < 1.29 is 13.2 Å². The highest BCUT2D eigenvalue weighted by molar-refractivity contribution is 7.89. The summed E-state index contributed by atoms with van der Waals surface area (Å²) in [6.45, 7) is 8.90. The minimum Gasteiger partial charge on any atom is -0.321 e. The molecule has 0 aliphatic carbocycles. The van der Waals surface area contributed by atoms with Crippen LogP contribution in [0, 0.1) is 0 Å². The molecule has 3 rings (SSSR count). The summed E-state index contributed by atoms with van der Waals surface area (Å²) < 4.78 is 28.1. The molecule has 0 atom stereocenters. The van der Waals surface area contributed by atoms with E-state index in [2.05, 4.69) is 31.1 Å². The lowest BCUT2D eigenvalue weighted by molar-refractivity contribution is 0.102. The monoisotopic (exact) mass is 465 g/mol. The Kier molecular flexibility index (Phi) is 7.66. The highest BCUT2D eigenvalue weighted by Gasteiger charge is 2.25. The van der Waals surface area contributed by atoms with Crippen LogP contribution in [0.15, 0.2) is 78.0 Å². The minimum atomic E-state index is -3.64. The number of hydrogen-bond acceptors (Lipinski definition) is 4. The van der Waals surface area contributed by atoms with Crippen LogP contribution in [0.3, 0.4) is 0 Å². The second-order valence-electron chi connectivity index (χ2n) is 9.01. The molecule has 174 valence electrons. The Morgan fingerprint density at radius 3 is 2.21 bits per heavy atom. The van der Waals surface area contributed by atoms with Gasteiger partial charge in [0.15, 0.2) is 0 Å². The summed E-state index contributed by atoms with van der Waals surface area (Å²) in [6.07, 6.45) is 3.91. The third-order valence-corrected chi connectivity index (χ3v) is 7.18. The van der Waals surface area contributed by atoms with Crippen molar-refractivity contribution in [3.63, 3.8) is 0 Å². The fourth-order valence-electron chi connectivity index (χ4n) is 3.41. The second-order valence-corrected chi connectivity index (χ2v) is 10.9. The van der Waals surface area contributed by atoms with Crippen LogP contribution >= 0.6 is 0 Å². The molecule has 2 aromatic carbocycles. The SMILES string of the molecule is CCCN(Cc1ccc(C(=O)Nc2cccnc2)cc1)S(=O)(=O)c1ccc(C(C)(C)C)cc1. The number of nitrogens with zero attached hydrogens (tertiary/aromatic N) is 2. The maximum absolute atomic E-state index is 13.3. The lowest BCUT2D eigenvalue weighted by Crippen LogP contribution is -2.31. The van der Waals surface area contributed by atoms with Crippen molar-refractivity contribution >= 4 is 21.6 Å². The van der Waals surface area contributed by atoms with Crippen molar-refractivity contribution in [2.75, 3.05) is 11.9 Å². The predicted octanol–water partition coefficient (Wildman–Crippen LogP) is 5.23. The van der Waals surface area contributed by atoms with Crippen molar-refractivity contribution in [1.82, 2.24) is 9.29 Å². The average molecular weight is 466 g/mol. The molecule has 0 fully saturated rings. The lowest BCUT2D eigenvalue weighted by atomic mass is 9.87. The Morgan fingerprint density at radius 2 is 1.67 bits per heavy atom. The molecule has 0 aliphatic rings. The molecule has 0 saturated carbocycles. The average Bonchev–Trinajstić information content (AvgIpc) is 2.79. The van der Waals surface area contributed by atoms with Gasteiger partial charge in [-0.1, -0.05) is 52.0 Å². The second kappa shape index (κ2) is 10.3. The van der Waals surface area contributed by atoms with E-state index in [9.17, 15) is 13.2 Å². The number of amides is 1. The molecule has 0 spiro atoms. The zero-order chi connectivity index (χ0) is 24.1. The van der Waals surface area contributed by atoms with E-state index >= 15 is 0 Å². The molecule has 6 nitrogen and oxygen atoms in total. The van der Waals surface area contributed by atoms with E-state index in [4.69, 9.17) is 0 Å². The smallest absolute Gasteiger partial charge is 0.255 e. The van der Waals surface area contributed by atoms with Gasteiger partial charge >= 0.3 is 0 Å². The topological polar surface area (TPSA) is 79.4 Å². The summed E-state index contributed by atoms with van der Waals surface area (Å²) in [5, 5.41) is 2.79. The first-order chi connectivity index (χ1) is 15.6. The summed E-state index contributed by atoms with van der Waals surface area (Å²) in [6, 6.07) is 17.6. The molecule has 33 heavy (non-hydrogen) atoms. The molecule has 1 heterocycles. The quantitative estimate of drug-likeness (QED) is 0.494. The van der Waals surface area contributed by atoms with Gasteiger partial charge < -0.3 is 5.32 Å². The van der Waals surface area contributed by atoms with Crippen LogP contribution in [0.2, 0.25) is 0 Å². The van der Waals surface area contributed by atoms with Crippen molar-refractivity contribution in [3.05, 3.63) is 89.7 Å². The summed E-state index contributed by atoms with van der Waals surface area (Å²) in [5.74, 6) is -0.244. The summed E-state index contributed by atoms with van der Waals surface area (Å²) in [4.78, 5) is 16.7. The fraction of sp³-hybridized carbons (Fsp3) is 0.308. The van der Waals surface area contributed by atoms with Gasteiger partial charge in [-0.05, 0) is 59.4 Å². The first-order valence-corrected chi connectivity index (χ1v) is 12.5. The van der Waals surface area contributed by atoms with Crippen LogP contribution in [-0.4, -0.2) is 30.2 Å². The van der Waals surface area contributed by atoms with Crippen LogP contribution in [-0.2, 0) is 22.0 Å². The van der Waals surface area contributed by atoms with Crippen LogP contribution in [0.4, 0.5) is 5.69 Å². The van der Waals surface area contributed by atoms with Gasteiger partial charge in [-0.2, -0.15) is 4.31 Å². The molecular weight excluding hydrogens is 434 g/mol. The predicted molar refractivity (Wildman–Crippen MR) is 132 cm³/mol. The van der Waals surface area contributed by atoms with Crippen molar-refractivity contribution in [3.8, 4) is 0 Å². The van der Waals surface area contributed by atoms with Gasteiger partial charge in [0.25, 0.3) is 5.91 Å². The lowest BCUT2D eigenvalue weighted by Gasteiger charge is -2.23. The van der Waals surface area contributed by atoms with Gasteiger partial charge in [0.2, 0.25) is 10.0 Å². The number of carbonyl (C=O) groups is 1. The van der Waals surface area contributed by atoms with Crippen LogP contribution in [0.5, 0.6) is 0 Å². The van der Waals surface area contributed by atoms with Crippen LogP contribution in [0.1, 0.15) is 55.6 Å². The number of hydrogen-bond donors (Lipinski definition) is 1. The maximum Gasteiger partial charge on any atom is 0.255 e. The molecule has 7 heteroatoms. The Labute approximate surface area is 196 Å². The van der Waals surface area contributed by atoms with Gasteiger partial charge in [-0.25, -0.2) is 8.42 Å². The van der Waals surface area contributed by atoms with Crippen molar-refractivity contribution in [1.29, 1.82) is 0 Å². The summed E-state index contributed by atoms with van der Waals surface area (Å²) >= 11 is 0. The molecule has 1 N–H and O–H groups in total. The maximum atomic E-state index is 13.3. The number of anilines is 1. The van der Waals surface area contributed by atoms with Crippen molar-refractivity contribution in [2.24, 2.45) is 0 Å². The summed E-state index contributed by atoms with van der Waals surface area (Å²) in [5.41, 5.74) is 2.96.